The van der Waals surface area contributed by atoms with Gasteiger partial charge in [-0.1, -0.05) is 26.0 Å². The summed E-state index contributed by atoms with van der Waals surface area (Å²) in [6, 6.07) is 13.3. The SMILES string of the molecule is COc1ccc2c(c1)CC[N+](Cc1ccccc1F)=C2C(C)C. The third-order valence-corrected chi connectivity index (χ3v) is 4.45. The van der Waals surface area contributed by atoms with Gasteiger partial charge in [-0.25, -0.2) is 8.97 Å². The van der Waals surface area contributed by atoms with E-state index < -0.39 is 0 Å². The van der Waals surface area contributed by atoms with E-state index in [-0.39, 0.29) is 5.82 Å². The third-order valence-electron chi connectivity index (χ3n) is 4.45. The molecule has 0 radical (unpaired) electrons. The summed E-state index contributed by atoms with van der Waals surface area (Å²) in [5.74, 6) is 1.15. The highest BCUT2D eigenvalue weighted by molar-refractivity contribution is 6.00. The van der Waals surface area contributed by atoms with Gasteiger partial charge < -0.3 is 4.74 Å². The average Bonchev–Trinajstić information content (AvgIpc) is 2.55. The number of nitrogens with zero attached hydrogens (tertiary/aromatic N) is 1. The van der Waals surface area contributed by atoms with E-state index in [1.165, 1.54) is 22.9 Å². The van der Waals surface area contributed by atoms with E-state index >= 15 is 0 Å². The second kappa shape index (κ2) is 6.53. The lowest BCUT2D eigenvalue weighted by molar-refractivity contribution is -0.547. The van der Waals surface area contributed by atoms with Crippen LogP contribution in [-0.4, -0.2) is 23.9 Å². The minimum Gasteiger partial charge on any atom is -0.497 e. The summed E-state index contributed by atoms with van der Waals surface area (Å²) in [6.07, 6.45) is 0.956. The maximum Gasteiger partial charge on any atom is 0.186 e. The monoisotopic (exact) mass is 312 g/mol. The van der Waals surface area contributed by atoms with Gasteiger partial charge in [0.1, 0.15) is 18.1 Å². The molecule has 0 fully saturated rings. The molecule has 0 bridgehead atoms. The summed E-state index contributed by atoms with van der Waals surface area (Å²) < 4.78 is 21.7. The van der Waals surface area contributed by atoms with Crippen LogP contribution in [0.3, 0.4) is 0 Å². The fourth-order valence-corrected chi connectivity index (χ4v) is 3.37. The Morgan fingerprint density at radius 3 is 2.65 bits per heavy atom. The molecule has 1 heterocycles. The van der Waals surface area contributed by atoms with Gasteiger partial charge in [-0.2, -0.15) is 0 Å². The van der Waals surface area contributed by atoms with Crippen molar-refractivity contribution < 1.29 is 13.7 Å². The lowest BCUT2D eigenvalue weighted by atomic mass is 9.90. The minimum absolute atomic E-state index is 0.129. The van der Waals surface area contributed by atoms with Crippen LogP contribution < -0.4 is 4.74 Å². The molecular weight excluding hydrogens is 289 g/mol. The molecule has 23 heavy (non-hydrogen) atoms. The summed E-state index contributed by atoms with van der Waals surface area (Å²) in [5, 5.41) is 0. The van der Waals surface area contributed by atoms with E-state index in [1.807, 2.05) is 18.2 Å². The van der Waals surface area contributed by atoms with Crippen LogP contribution in [0.15, 0.2) is 42.5 Å². The van der Waals surface area contributed by atoms with Gasteiger partial charge in [-0.3, -0.25) is 0 Å². The Balaban J connectivity index is 2.04. The van der Waals surface area contributed by atoms with E-state index in [0.29, 0.717) is 12.5 Å². The van der Waals surface area contributed by atoms with E-state index in [4.69, 9.17) is 4.74 Å². The number of benzene rings is 2. The molecule has 0 N–H and O–H groups in total. The highest BCUT2D eigenvalue weighted by Gasteiger charge is 2.28. The molecular formula is C20H23FNO+. The molecule has 0 saturated carbocycles. The Morgan fingerprint density at radius 2 is 1.96 bits per heavy atom. The lowest BCUT2D eigenvalue weighted by Crippen LogP contribution is -2.33. The predicted molar refractivity (Wildman–Crippen MR) is 90.9 cm³/mol. The molecule has 0 unspecified atom stereocenters. The Kier molecular flexibility index (Phi) is 4.46. The molecule has 120 valence electrons. The zero-order chi connectivity index (χ0) is 16.4. The van der Waals surface area contributed by atoms with Crippen LogP contribution in [0.1, 0.15) is 30.5 Å². The van der Waals surface area contributed by atoms with Crippen molar-refractivity contribution in [2.75, 3.05) is 13.7 Å². The molecule has 1 aliphatic rings. The predicted octanol–water partition coefficient (Wildman–Crippen LogP) is 4.05. The maximum atomic E-state index is 14.0. The van der Waals surface area contributed by atoms with E-state index in [1.54, 1.807) is 13.2 Å². The van der Waals surface area contributed by atoms with Crippen molar-refractivity contribution >= 4 is 5.71 Å². The van der Waals surface area contributed by atoms with Crippen LogP contribution in [0.2, 0.25) is 0 Å². The minimum atomic E-state index is -0.129. The second-order valence-electron chi connectivity index (χ2n) is 6.33. The van der Waals surface area contributed by atoms with Gasteiger partial charge in [0, 0.05) is 17.9 Å². The summed E-state index contributed by atoms with van der Waals surface area (Å²) in [7, 11) is 1.70. The van der Waals surface area contributed by atoms with Crippen molar-refractivity contribution in [2.24, 2.45) is 5.92 Å². The van der Waals surface area contributed by atoms with E-state index in [0.717, 1.165) is 24.3 Å². The first-order valence-corrected chi connectivity index (χ1v) is 8.12. The third kappa shape index (κ3) is 3.14. The van der Waals surface area contributed by atoms with Crippen LogP contribution in [0.25, 0.3) is 0 Å². The Morgan fingerprint density at radius 1 is 1.17 bits per heavy atom. The van der Waals surface area contributed by atoms with Gasteiger partial charge in [0.05, 0.1) is 12.7 Å². The molecule has 0 amide bonds. The number of hydrogen-bond acceptors (Lipinski definition) is 1. The molecule has 0 spiro atoms. The van der Waals surface area contributed by atoms with Gasteiger partial charge >= 0.3 is 0 Å². The average molecular weight is 312 g/mol. The van der Waals surface area contributed by atoms with Crippen LogP contribution in [0.5, 0.6) is 5.75 Å². The largest absolute Gasteiger partial charge is 0.497 e. The normalized spacial score (nSPS) is 14.1. The smallest absolute Gasteiger partial charge is 0.186 e. The van der Waals surface area contributed by atoms with Crippen molar-refractivity contribution in [3.8, 4) is 5.75 Å². The highest BCUT2D eigenvalue weighted by atomic mass is 19.1. The second-order valence-corrected chi connectivity index (χ2v) is 6.33. The summed E-state index contributed by atoms with van der Waals surface area (Å²) in [4.78, 5) is 0. The fraction of sp³-hybridized carbons (Fsp3) is 0.350. The number of halogens is 1. The topological polar surface area (TPSA) is 12.2 Å². The van der Waals surface area contributed by atoms with Gasteiger partial charge in [-0.05, 0) is 35.9 Å². The molecule has 3 rings (SSSR count). The molecule has 0 atom stereocenters. The first-order chi connectivity index (χ1) is 11.1. The molecule has 0 aliphatic carbocycles. The molecule has 2 aromatic rings. The van der Waals surface area contributed by atoms with Crippen LogP contribution >= 0.6 is 0 Å². The molecule has 1 aliphatic heterocycles. The standard InChI is InChI=1S/C20H23FNO/c1-14(2)20-18-9-8-17(23-3)12-15(18)10-11-22(20)13-16-6-4-5-7-19(16)21/h4-9,12,14H,10-11,13H2,1-3H3/q+1. The Labute approximate surface area is 137 Å². The number of fused-ring (bicyclic) bond motifs is 1. The van der Waals surface area contributed by atoms with Gasteiger partial charge in [0.25, 0.3) is 0 Å². The van der Waals surface area contributed by atoms with E-state index in [2.05, 4.69) is 30.6 Å². The Hall–Kier alpha value is -2.16. The van der Waals surface area contributed by atoms with Crippen LogP contribution in [-0.2, 0) is 13.0 Å². The van der Waals surface area contributed by atoms with Crippen molar-refractivity contribution in [3.63, 3.8) is 0 Å². The van der Waals surface area contributed by atoms with Crippen LogP contribution in [0.4, 0.5) is 4.39 Å². The summed E-state index contributed by atoms with van der Waals surface area (Å²) >= 11 is 0. The van der Waals surface area contributed by atoms with Crippen molar-refractivity contribution in [3.05, 3.63) is 65.0 Å². The summed E-state index contributed by atoms with van der Waals surface area (Å²) in [5.41, 5.74) is 4.63. The van der Waals surface area contributed by atoms with Gasteiger partial charge in [0.2, 0.25) is 0 Å². The fourth-order valence-electron chi connectivity index (χ4n) is 3.37. The van der Waals surface area contributed by atoms with Crippen LogP contribution in [0, 0.1) is 11.7 Å². The molecule has 2 nitrogen and oxygen atoms in total. The zero-order valence-corrected chi connectivity index (χ0v) is 14.0. The van der Waals surface area contributed by atoms with Crippen molar-refractivity contribution in [1.82, 2.24) is 0 Å². The molecule has 2 aromatic carbocycles. The zero-order valence-electron chi connectivity index (χ0n) is 14.0. The quantitative estimate of drug-likeness (QED) is 0.776. The molecule has 0 aromatic heterocycles. The maximum absolute atomic E-state index is 14.0. The molecule has 0 saturated heterocycles. The summed E-state index contributed by atoms with van der Waals surface area (Å²) in [6.45, 7) is 5.92. The first-order valence-electron chi connectivity index (χ1n) is 8.12. The Bertz CT molecular complexity index is 749. The van der Waals surface area contributed by atoms with Crippen molar-refractivity contribution in [1.29, 1.82) is 0 Å². The number of rotatable bonds is 4. The molecule has 3 heteroatoms. The number of methoxy groups -OCH3 is 1. The van der Waals surface area contributed by atoms with E-state index in [9.17, 15) is 4.39 Å². The highest BCUT2D eigenvalue weighted by Crippen LogP contribution is 2.25. The number of hydrogen-bond donors (Lipinski definition) is 0. The van der Waals surface area contributed by atoms with Gasteiger partial charge in [0.15, 0.2) is 12.3 Å². The number of ether oxygens (including phenoxy) is 1. The van der Waals surface area contributed by atoms with Crippen molar-refractivity contribution in [2.45, 2.75) is 26.8 Å². The first kappa shape index (κ1) is 15.7. The lowest BCUT2D eigenvalue weighted by Gasteiger charge is -2.21. The van der Waals surface area contributed by atoms with Gasteiger partial charge in [-0.15, -0.1) is 0 Å².